The third-order valence-corrected chi connectivity index (χ3v) is 8.58. The van der Waals surface area contributed by atoms with E-state index in [4.69, 9.17) is 47.4 Å². The summed E-state index contributed by atoms with van der Waals surface area (Å²) in [7, 11) is 1.58. The molecule has 2 saturated heterocycles. The van der Waals surface area contributed by atoms with Crippen molar-refractivity contribution in [1.82, 2.24) is 4.72 Å². The fourth-order valence-electron chi connectivity index (χ4n) is 5.18. The molecule has 2 heterocycles. The summed E-state index contributed by atoms with van der Waals surface area (Å²) >= 11 is 0. The molecular weight excluding hydrogens is 622 g/mol. The van der Waals surface area contributed by atoms with Crippen molar-refractivity contribution in [1.29, 1.82) is 0 Å². The summed E-state index contributed by atoms with van der Waals surface area (Å²) in [6, 6.07) is 5.76. The van der Waals surface area contributed by atoms with Gasteiger partial charge in [-0.05, 0) is 31.2 Å². The lowest BCUT2D eigenvalue weighted by Gasteiger charge is -2.48. The molecule has 0 bridgehead atoms. The Morgan fingerprint density at radius 2 is 1.27 bits per heavy atom. The van der Waals surface area contributed by atoms with E-state index in [9.17, 15) is 22.8 Å². The molecule has 2 fully saturated rings. The van der Waals surface area contributed by atoms with E-state index in [0.29, 0.717) is 5.75 Å². The van der Waals surface area contributed by atoms with Crippen LogP contribution in [0.2, 0.25) is 0 Å². The SMILES string of the molecule is COc1ccc(S(=O)(=O)NC[C@H]2O[C@H](OC)[C@H](OC)[C@@H](OC)[C@H]2O[C@@H]2O[C@@H](C)[C@H](OC(C)=O)[C@@H](OC(C)=O)[C@H]2OC(C)=O)cc1. The van der Waals surface area contributed by atoms with Gasteiger partial charge in [0.25, 0.3) is 0 Å². The summed E-state index contributed by atoms with van der Waals surface area (Å²) in [4.78, 5) is 36.1. The van der Waals surface area contributed by atoms with Crippen LogP contribution in [0, 0.1) is 0 Å². The molecule has 0 amide bonds. The monoisotopic (exact) mass is 663 g/mol. The molecule has 1 aromatic carbocycles. The number of carbonyl (C=O) groups excluding carboxylic acids is 3. The van der Waals surface area contributed by atoms with Crippen molar-refractivity contribution < 1.29 is 70.2 Å². The van der Waals surface area contributed by atoms with Gasteiger partial charge in [-0.1, -0.05) is 0 Å². The number of carbonyl (C=O) groups is 3. The summed E-state index contributed by atoms with van der Waals surface area (Å²) in [5, 5.41) is 0. The van der Waals surface area contributed by atoms with E-state index in [2.05, 4.69) is 4.72 Å². The summed E-state index contributed by atoms with van der Waals surface area (Å²) < 4.78 is 85.5. The minimum Gasteiger partial charge on any atom is -0.497 e. The van der Waals surface area contributed by atoms with E-state index in [-0.39, 0.29) is 11.4 Å². The zero-order valence-corrected chi connectivity index (χ0v) is 27.1. The zero-order chi connectivity index (χ0) is 33.5. The Hall–Kier alpha value is -2.90. The predicted molar refractivity (Wildman–Crippen MR) is 151 cm³/mol. The van der Waals surface area contributed by atoms with Gasteiger partial charge in [0, 0.05) is 48.6 Å². The number of hydrogen-bond acceptors (Lipinski definition) is 15. The van der Waals surface area contributed by atoms with E-state index < -0.39 is 89.3 Å². The minimum atomic E-state index is -4.05. The number of methoxy groups -OCH3 is 4. The number of benzene rings is 1. The molecule has 10 atom stereocenters. The highest BCUT2D eigenvalue weighted by Crippen LogP contribution is 2.34. The fraction of sp³-hybridized carbons (Fsp3) is 0.679. The normalized spacial score (nSPS) is 31.9. The van der Waals surface area contributed by atoms with Crippen LogP contribution in [0.4, 0.5) is 0 Å². The van der Waals surface area contributed by atoms with Crippen molar-refractivity contribution in [3.63, 3.8) is 0 Å². The van der Waals surface area contributed by atoms with Crippen LogP contribution in [0.3, 0.4) is 0 Å². The maximum Gasteiger partial charge on any atom is 0.303 e. The van der Waals surface area contributed by atoms with Crippen molar-refractivity contribution >= 4 is 27.9 Å². The van der Waals surface area contributed by atoms with Gasteiger partial charge in [-0.25, -0.2) is 13.1 Å². The molecule has 0 aliphatic carbocycles. The lowest BCUT2D eigenvalue weighted by Crippen LogP contribution is -2.66. The number of nitrogens with one attached hydrogen (secondary N) is 1. The average molecular weight is 664 g/mol. The van der Waals surface area contributed by atoms with E-state index in [1.165, 1.54) is 52.7 Å². The Labute approximate surface area is 261 Å². The molecule has 2 aliphatic heterocycles. The molecule has 3 rings (SSSR count). The lowest BCUT2D eigenvalue weighted by atomic mass is 9.96. The Morgan fingerprint density at radius 1 is 0.711 bits per heavy atom. The van der Waals surface area contributed by atoms with E-state index >= 15 is 0 Å². The third-order valence-electron chi connectivity index (χ3n) is 7.14. The van der Waals surface area contributed by atoms with Gasteiger partial charge in [0.2, 0.25) is 10.0 Å². The van der Waals surface area contributed by atoms with Crippen LogP contribution < -0.4 is 9.46 Å². The second-order valence-corrected chi connectivity index (χ2v) is 12.0. The standard InChI is InChI=1S/C28H41NO15S/c1-14-21(40-15(2)30)24(41-16(3)31)26(42-17(4)32)28(39-14)44-22-20(43-27(38-8)25(37-7)23(22)36-6)13-29-45(33,34)19-11-9-18(35-5)10-12-19/h9-12,14,20-29H,13H2,1-8H3/t14-,20+,21-,22-,23-,24+,25+,26+,27-,28-/m0/s1. The van der Waals surface area contributed by atoms with Crippen molar-refractivity contribution in [3.05, 3.63) is 24.3 Å². The van der Waals surface area contributed by atoms with Gasteiger partial charge in [-0.3, -0.25) is 14.4 Å². The summed E-state index contributed by atoms with van der Waals surface area (Å²) in [6.45, 7) is 4.65. The van der Waals surface area contributed by atoms with Gasteiger partial charge >= 0.3 is 17.9 Å². The minimum absolute atomic E-state index is 0.0296. The highest BCUT2D eigenvalue weighted by molar-refractivity contribution is 7.89. The number of rotatable bonds is 13. The first-order valence-electron chi connectivity index (χ1n) is 14.0. The van der Waals surface area contributed by atoms with Gasteiger partial charge in [-0.2, -0.15) is 0 Å². The molecule has 16 nitrogen and oxygen atoms in total. The molecule has 2 aliphatic rings. The summed E-state index contributed by atoms with van der Waals surface area (Å²) in [5.41, 5.74) is 0. The third kappa shape index (κ3) is 9.10. The maximum absolute atomic E-state index is 13.2. The summed E-state index contributed by atoms with van der Waals surface area (Å²) in [5.74, 6) is -1.73. The van der Waals surface area contributed by atoms with Crippen molar-refractivity contribution in [3.8, 4) is 5.75 Å². The van der Waals surface area contributed by atoms with Crippen LogP contribution in [-0.2, 0) is 67.0 Å². The molecule has 0 unspecified atom stereocenters. The zero-order valence-electron chi connectivity index (χ0n) is 26.3. The van der Waals surface area contributed by atoms with Crippen LogP contribution in [0.25, 0.3) is 0 Å². The van der Waals surface area contributed by atoms with Crippen molar-refractivity contribution in [2.24, 2.45) is 0 Å². The maximum atomic E-state index is 13.2. The van der Waals surface area contributed by atoms with Crippen LogP contribution in [0.15, 0.2) is 29.2 Å². The van der Waals surface area contributed by atoms with Crippen molar-refractivity contribution in [2.45, 2.75) is 94.0 Å². The first-order chi connectivity index (χ1) is 21.3. The summed E-state index contributed by atoms with van der Waals surface area (Å²) in [6.07, 6.45) is -11.3. The Bertz CT molecular complexity index is 1260. The average Bonchev–Trinajstić information content (AvgIpc) is 2.99. The molecule has 254 valence electrons. The van der Waals surface area contributed by atoms with Crippen LogP contribution in [0.5, 0.6) is 5.75 Å². The number of hydrogen-bond donors (Lipinski definition) is 1. The molecule has 1 N–H and O–H groups in total. The number of esters is 3. The molecule has 0 aromatic heterocycles. The van der Waals surface area contributed by atoms with Gasteiger partial charge in [0.15, 0.2) is 30.9 Å². The predicted octanol–water partition coefficient (Wildman–Crippen LogP) is 0.300. The lowest BCUT2D eigenvalue weighted by molar-refractivity contribution is -0.355. The van der Waals surface area contributed by atoms with Crippen molar-refractivity contribution in [2.75, 3.05) is 35.0 Å². The van der Waals surface area contributed by atoms with E-state index in [1.54, 1.807) is 6.92 Å². The largest absolute Gasteiger partial charge is 0.497 e. The molecule has 0 radical (unpaired) electrons. The Kier molecular flexibility index (Phi) is 13.1. The number of ether oxygens (including phenoxy) is 10. The smallest absolute Gasteiger partial charge is 0.303 e. The molecular formula is C28H41NO15S. The molecule has 0 saturated carbocycles. The van der Waals surface area contributed by atoms with Gasteiger partial charge in [0.1, 0.15) is 30.2 Å². The first-order valence-corrected chi connectivity index (χ1v) is 15.4. The van der Waals surface area contributed by atoms with Gasteiger partial charge < -0.3 is 47.4 Å². The fourth-order valence-corrected chi connectivity index (χ4v) is 6.22. The quantitative estimate of drug-likeness (QED) is 0.224. The second-order valence-electron chi connectivity index (χ2n) is 10.2. The van der Waals surface area contributed by atoms with Crippen LogP contribution in [0.1, 0.15) is 27.7 Å². The van der Waals surface area contributed by atoms with Gasteiger partial charge in [0.05, 0.1) is 18.1 Å². The van der Waals surface area contributed by atoms with E-state index in [0.717, 1.165) is 20.8 Å². The molecule has 45 heavy (non-hydrogen) atoms. The number of sulfonamides is 1. The molecule has 0 spiro atoms. The first kappa shape index (κ1) is 36.6. The topological polar surface area (TPSA) is 190 Å². The molecule has 17 heteroatoms. The highest BCUT2D eigenvalue weighted by atomic mass is 32.2. The Balaban J connectivity index is 1.98. The van der Waals surface area contributed by atoms with Crippen LogP contribution in [-0.4, -0.2) is 123 Å². The van der Waals surface area contributed by atoms with E-state index in [1.807, 2.05) is 0 Å². The Morgan fingerprint density at radius 3 is 1.78 bits per heavy atom. The van der Waals surface area contributed by atoms with Gasteiger partial charge in [-0.15, -0.1) is 0 Å². The molecule has 1 aromatic rings. The highest BCUT2D eigenvalue weighted by Gasteiger charge is 2.55. The second kappa shape index (κ2) is 16.1. The van der Waals surface area contributed by atoms with Crippen LogP contribution >= 0.6 is 0 Å².